The Balaban J connectivity index is 1.75. The standard InChI is InChI=1S/C14H26N2O/c1-11-4-6-12(7-5-11)14(17)16-13-3-2-9-15-10-8-13/h11-13,15H,2-10H2,1H3,(H,16,17). The molecule has 1 aliphatic heterocycles. The molecule has 1 aliphatic carbocycles. The molecule has 1 unspecified atom stereocenters. The van der Waals surface area contributed by atoms with Crippen molar-refractivity contribution < 1.29 is 4.79 Å². The number of hydrogen-bond donors (Lipinski definition) is 2. The van der Waals surface area contributed by atoms with Crippen LogP contribution in [0.2, 0.25) is 0 Å². The first-order chi connectivity index (χ1) is 8.25. The average Bonchev–Trinajstić information content (AvgIpc) is 2.58. The van der Waals surface area contributed by atoms with Gasteiger partial charge in [0.1, 0.15) is 0 Å². The van der Waals surface area contributed by atoms with Crippen molar-refractivity contribution in [3.05, 3.63) is 0 Å². The third-order valence-corrected chi connectivity index (χ3v) is 4.31. The Morgan fingerprint density at radius 1 is 1.06 bits per heavy atom. The maximum Gasteiger partial charge on any atom is 0.223 e. The summed E-state index contributed by atoms with van der Waals surface area (Å²) >= 11 is 0. The summed E-state index contributed by atoms with van der Waals surface area (Å²) in [6.45, 7) is 4.45. The molecular weight excluding hydrogens is 212 g/mol. The molecule has 3 heteroatoms. The van der Waals surface area contributed by atoms with Crippen molar-refractivity contribution in [2.24, 2.45) is 11.8 Å². The minimum atomic E-state index is 0.294. The average molecular weight is 238 g/mol. The molecule has 0 aromatic heterocycles. The van der Waals surface area contributed by atoms with Gasteiger partial charge in [0.15, 0.2) is 0 Å². The molecule has 1 amide bonds. The van der Waals surface area contributed by atoms with E-state index < -0.39 is 0 Å². The van der Waals surface area contributed by atoms with Gasteiger partial charge in [-0.1, -0.05) is 6.92 Å². The van der Waals surface area contributed by atoms with E-state index in [4.69, 9.17) is 0 Å². The third kappa shape index (κ3) is 3.98. The lowest BCUT2D eigenvalue weighted by Gasteiger charge is -2.27. The molecule has 0 radical (unpaired) electrons. The van der Waals surface area contributed by atoms with Crippen molar-refractivity contribution in [2.75, 3.05) is 13.1 Å². The van der Waals surface area contributed by atoms with Gasteiger partial charge in [-0.2, -0.15) is 0 Å². The van der Waals surface area contributed by atoms with E-state index in [-0.39, 0.29) is 0 Å². The zero-order valence-electron chi connectivity index (χ0n) is 11.0. The Morgan fingerprint density at radius 3 is 2.59 bits per heavy atom. The van der Waals surface area contributed by atoms with Crippen LogP contribution in [0.25, 0.3) is 0 Å². The van der Waals surface area contributed by atoms with Gasteiger partial charge in [0.05, 0.1) is 0 Å². The molecule has 3 nitrogen and oxygen atoms in total. The summed E-state index contributed by atoms with van der Waals surface area (Å²) in [4.78, 5) is 12.2. The highest BCUT2D eigenvalue weighted by atomic mass is 16.1. The normalized spacial score (nSPS) is 35.0. The highest BCUT2D eigenvalue weighted by molar-refractivity contribution is 5.79. The maximum absolute atomic E-state index is 12.2. The number of carbonyl (C=O) groups excluding carboxylic acids is 1. The van der Waals surface area contributed by atoms with Crippen LogP contribution in [0.1, 0.15) is 51.9 Å². The van der Waals surface area contributed by atoms with Crippen LogP contribution in [-0.2, 0) is 4.79 Å². The molecule has 2 N–H and O–H groups in total. The molecule has 0 aromatic carbocycles. The van der Waals surface area contributed by atoms with Gasteiger partial charge >= 0.3 is 0 Å². The molecular formula is C14H26N2O. The lowest BCUT2D eigenvalue weighted by atomic mass is 9.82. The zero-order chi connectivity index (χ0) is 12.1. The van der Waals surface area contributed by atoms with Crippen LogP contribution in [0, 0.1) is 11.8 Å². The number of nitrogens with one attached hydrogen (secondary N) is 2. The summed E-state index contributed by atoms with van der Waals surface area (Å²) in [5, 5.41) is 6.65. The lowest BCUT2D eigenvalue weighted by molar-refractivity contribution is -0.127. The monoisotopic (exact) mass is 238 g/mol. The molecule has 2 aliphatic rings. The minimum Gasteiger partial charge on any atom is -0.353 e. The molecule has 2 fully saturated rings. The quantitative estimate of drug-likeness (QED) is 0.773. The van der Waals surface area contributed by atoms with E-state index in [1.807, 2.05) is 0 Å². The number of rotatable bonds is 2. The highest BCUT2D eigenvalue weighted by Crippen LogP contribution is 2.28. The third-order valence-electron chi connectivity index (χ3n) is 4.31. The van der Waals surface area contributed by atoms with Gasteiger partial charge in [-0.15, -0.1) is 0 Å². The predicted octanol–water partition coefficient (Wildman–Crippen LogP) is 2.07. The van der Waals surface area contributed by atoms with Gasteiger partial charge in [-0.25, -0.2) is 0 Å². The Kier molecular flexibility index (Phi) is 4.84. The molecule has 0 bridgehead atoms. The molecule has 1 saturated heterocycles. The summed E-state index contributed by atoms with van der Waals surface area (Å²) in [7, 11) is 0. The second kappa shape index (κ2) is 6.39. The predicted molar refractivity (Wildman–Crippen MR) is 69.8 cm³/mol. The Labute approximate surface area is 105 Å². The first-order valence-electron chi connectivity index (χ1n) is 7.27. The fraction of sp³-hybridized carbons (Fsp3) is 0.929. The van der Waals surface area contributed by atoms with Gasteiger partial charge in [-0.05, 0) is 64.0 Å². The largest absolute Gasteiger partial charge is 0.353 e. The number of hydrogen-bond acceptors (Lipinski definition) is 2. The fourth-order valence-corrected chi connectivity index (χ4v) is 3.00. The molecule has 1 saturated carbocycles. The summed E-state index contributed by atoms with van der Waals surface area (Å²) in [5.41, 5.74) is 0. The van der Waals surface area contributed by atoms with Crippen LogP contribution in [-0.4, -0.2) is 25.0 Å². The van der Waals surface area contributed by atoms with Crippen LogP contribution in [0.5, 0.6) is 0 Å². The summed E-state index contributed by atoms with van der Waals surface area (Å²) < 4.78 is 0. The Hall–Kier alpha value is -0.570. The topological polar surface area (TPSA) is 41.1 Å². The summed E-state index contributed by atoms with van der Waals surface area (Å²) in [6.07, 6.45) is 8.06. The van der Waals surface area contributed by atoms with E-state index in [0.29, 0.717) is 17.9 Å². The summed E-state index contributed by atoms with van der Waals surface area (Å²) in [6, 6.07) is 0.414. The highest BCUT2D eigenvalue weighted by Gasteiger charge is 2.25. The second-order valence-corrected chi connectivity index (χ2v) is 5.84. The summed E-state index contributed by atoms with van der Waals surface area (Å²) in [5.74, 6) is 1.44. The van der Waals surface area contributed by atoms with Crippen molar-refractivity contribution in [1.29, 1.82) is 0 Å². The first kappa shape index (κ1) is 12.9. The van der Waals surface area contributed by atoms with Crippen molar-refractivity contribution in [2.45, 2.75) is 57.9 Å². The fourth-order valence-electron chi connectivity index (χ4n) is 3.00. The number of amides is 1. The van der Waals surface area contributed by atoms with Crippen LogP contribution < -0.4 is 10.6 Å². The molecule has 98 valence electrons. The van der Waals surface area contributed by atoms with Crippen molar-refractivity contribution in [3.8, 4) is 0 Å². The molecule has 17 heavy (non-hydrogen) atoms. The van der Waals surface area contributed by atoms with Gasteiger partial charge in [-0.3, -0.25) is 4.79 Å². The van der Waals surface area contributed by atoms with E-state index in [1.54, 1.807) is 0 Å². The SMILES string of the molecule is CC1CCC(C(=O)NC2CCCNCC2)CC1. The molecule has 0 aromatic rings. The van der Waals surface area contributed by atoms with E-state index in [1.165, 1.54) is 19.3 Å². The molecule has 2 rings (SSSR count). The van der Waals surface area contributed by atoms with Crippen molar-refractivity contribution >= 4 is 5.91 Å². The molecule has 1 heterocycles. The number of carbonyl (C=O) groups is 1. The van der Waals surface area contributed by atoms with Crippen molar-refractivity contribution in [3.63, 3.8) is 0 Å². The first-order valence-corrected chi connectivity index (χ1v) is 7.27. The molecule has 0 spiro atoms. The maximum atomic E-state index is 12.2. The van der Waals surface area contributed by atoms with E-state index >= 15 is 0 Å². The van der Waals surface area contributed by atoms with Crippen LogP contribution in [0.4, 0.5) is 0 Å². The Bertz CT molecular complexity index is 239. The van der Waals surface area contributed by atoms with Crippen LogP contribution in [0.15, 0.2) is 0 Å². The van der Waals surface area contributed by atoms with Crippen LogP contribution in [0.3, 0.4) is 0 Å². The smallest absolute Gasteiger partial charge is 0.223 e. The minimum absolute atomic E-state index is 0.294. The van der Waals surface area contributed by atoms with Crippen molar-refractivity contribution in [1.82, 2.24) is 10.6 Å². The van der Waals surface area contributed by atoms with Gasteiger partial charge in [0.2, 0.25) is 5.91 Å². The molecule has 1 atom stereocenters. The van der Waals surface area contributed by atoms with E-state index in [2.05, 4.69) is 17.6 Å². The van der Waals surface area contributed by atoms with Gasteiger partial charge in [0.25, 0.3) is 0 Å². The lowest BCUT2D eigenvalue weighted by Crippen LogP contribution is -2.40. The van der Waals surface area contributed by atoms with Gasteiger partial charge in [0, 0.05) is 12.0 Å². The second-order valence-electron chi connectivity index (χ2n) is 5.84. The van der Waals surface area contributed by atoms with E-state index in [0.717, 1.165) is 44.7 Å². The zero-order valence-corrected chi connectivity index (χ0v) is 11.0. The van der Waals surface area contributed by atoms with Gasteiger partial charge < -0.3 is 10.6 Å². The van der Waals surface area contributed by atoms with E-state index in [9.17, 15) is 4.79 Å². The van der Waals surface area contributed by atoms with Crippen LogP contribution >= 0.6 is 0 Å². The Morgan fingerprint density at radius 2 is 1.82 bits per heavy atom.